The number of nitrogens with one attached hydrogen (secondary N) is 2. The first kappa shape index (κ1) is 23.8. The highest BCUT2D eigenvalue weighted by Crippen LogP contribution is 2.31. The van der Waals surface area contributed by atoms with Crippen LogP contribution in [0.15, 0.2) is 77.7 Å². The number of carbonyl (C=O) groups excluding carboxylic acids is 2. The van der Waals surface area contributed by atoms with Crippen molar-refractivity contribution in [1.82, 2.24) is 0 Å². The number of ether oxygens (including phenoxy) is 1. The van der Waals surface area contributed by atoms with Crippen molar-refractivity contribution < 1.29 is 35.9 Å². The molecule has 0 saturated carbocycles. The Morgan fingerprint density at radius 3 is 2.09 bits per heavy atom. The molecule has 0 heterocycles. The second-order valence-corrected chi connectivity index (χ2v) is 8.57. The van der Waals surface area contributed by atoms with Crippen LogP contribution in [-0.2, 0) is 9.84 Å². The molecule has 0 aromatic heterocycles. The zero-order valence-corrected chi connectivity index (χ0v) is 17.8. The molecule has 0 fully saturated rings. The minimum Gasteiger partial charge on any atom is -0.496 e. The number of hydrogen-bond donors (Lipinski definition) is 2. The van der Waals surface area contributed by atoms with E-state index in [1.54, 1.807) is 24.3 Å². The van der Waals surface area contributed by atoms with E-state index in [-0.39, 0.29) is 22.5 Å². The fraction of sp³-hybridized carbons (Fsp3) is 0.0909. The van der Waals surface area contributed by atoms with Gasteiger partial charge in [0.15, 0.2) is 0 Å². The van der Waals surface area contributed by atoms with Crippen molar-refractivity contribution in [2.24, 2.45) is 0 Å². The Balaban J connectivity index is 1.86. The Bertz CT molecular complexity index is 1310. The molecule has 7 nitrogen and oxygen atoms in total. The number of methoxy groups -OCH3 is 1. The predicted octanol–water partition coefficient (Wildman–Crippen LogP) is 4.49. The van der Waals surface area contributed by atoms with Gasteiger partial charge in [0.1, 0.15) is 5.75 Å². The molecule has 0 spiro atoms. The highest BCUT2D eigenvalue weighted by molar-refractivity contribution is 7.92. The third kappa shape index (κ3) is 5.14. The molecule has 0 saturated heterocycles. The van der Waals surface area contributed by atoms with Crippen LogP contribution in [0.25, 0.3) is 0 Å². The van der Waals surface area contributed by atoms with E-state index in [1.807, 2.05) is 0 Å². The van der Waals surface area contributed by atoms with E-state index in [0.29, 0.717) is 11.8 Å². The van der Waals surface area contributed by atoms with Gasteiger partial charge in [0.2, 0.25) is 0 Å². The fourth-order valence-corrected chi connectivity index (χ4v) is 3.69. The van der Waals surface area contributed by atoms with Gasteiger partial charge in [0.05, 0.1) is 28.8 Å². The number of sulfone groups is 1. The van der Waals surface area contributed by atoms with Crippen molar-refractivity contribution in [2.45, 2.75) is 10.4 Å². The summed E-state index contributed by atoms with van der Waals surface area (Å²) in [6.07, 6.45) is 0. The van der Waals surface area contributed by atoms with Gasteiger partial charge in [0, 0.05) is 5.69 Å². The number of para-hydroxylation sites is 2. The molecular formula is C22H17F3N2O5S. The van der Waals surface area contributed by atoms with Crippen molar-refractivity contribution in [3.05, 3.63) is 83.9 Å². The van der Waals surface area contributed by atoms with E-state index < -0.39 is 32.1 Å². The molecule has 0 radical (unpaired) electrons. The van der Waals surface area contributed by atoms with Crippen LogP contribution in [-0.4, -0.2) is 32.9 Å². The topological polar surface area (TPSA) is 102 Å². The summed E-state index contributed by atoms with van der Waals surface area (Å²) >= 11 is 0. The van der Waals surface area contributed by atoms with Crippen molar-refractivity contribution in [3.8, 4) is 5.75 Å². The summed E-state index contributed by atoms with van der Waals surface area (Å²) in [5.74, 6) is -1.00. The molecule has 33 heavy (non-hydrogen) atoms. The summed E-state index contributed by atoms with van der Waals surface area (Å²) in [4.78, 5) is 24.4. The lowest BCUT2D eigenvalue weighted by Crippen LogP contribution is -2.23. The summed E-state index contributed by atoms with van der Waals surface area (Å²) in [5.41, 5.74) is -5.29. The van der Waals surface area contributed by atoms with Crippen molar-refractivity contribution >= 4 is 33.0 Å². The Hall–Kier alpha value is -3.86. The van der Waals surface area contributed by atoms with Gasteiger partial charge in [0.25, 0.3) is 21.7 Å². The number of rotatable bonds is 6. The predicted molar refractivity (Wildman–Crippen MR) is 115 cm³/mol. The zero-order chi connectivity index (χ0) is 24.2. The van der Waals surface area contributed by atoms with Gasteiger partial charge in [-0.15, -0.1) is 0 Å². The van der Waals surface area contributed by atoms with Gasteiger partial charge in [-0.1, -0.05) is 30.3 Å². The first-order valence-electron chi connectivity index (χ1n) is 9.31. The number of halogens is 3. The highest BCUT2D eigenvalue weighted by atomic mass is 32.2. The van der Waals surface area contributed by atoms with Gasteiger partial charge in [-0.25, -0.2) is 8.42 Å². The molecule has 2 N–H and O–H groups in total. The maximum Gasteiger partial charge on any atom is 0.501 e. The van der Waals surface area contributed by atoms with Crippen molar-refractivity contribution in [2.75, 3.05) is 17.7 Å². The van der Waals surface area contributed by atoms with Gasteiger partial charge >= 0.3 is 5.51 Å². The quantitative estimate of drug-likeness (QED) is 0.544. The first-order valence-corrected chi connectivity index (χ1v) is 10.8. The van der Waals surface area contributed by atoms with Gasteiger partial charge in [-0.3, -0.25) is 9.59 Å². The minimum absolute atomic E-state index is 0.00447. The summed E-state index contributed by atoms with van der Waals surface area (Å²) in [7, 11) is -4.18. The van der Waals surface area contributed by atoms with Crippen LogP contribution in [0.4, 0.5) is 24.5 Å². The molecule has 172 valence electrons. The van der Waals surface area contributed by atoms with Crippen LogP contribution >= 0.6 is 0 Å². The molecule has 11 heteroatoms. The van der Waals surface area contributed by atoms with Crippen molar-refractivity contribution in [3.63, 3.8) is 0 Å². The monoisotopic (exact) mass is 478 g/mol. The van der Waals surface area contributed by atoms with Gasteiger partial charge in [-0.2, -0.15) is 13.2 Å². The third-order valence-corrected chi connectivity index (χ3v) is 5.96. The van der Waals surface area contributed by atoms with Crippen LogP contribution in [0.5, 0.6) is 5.75 Å². The van der Waals surface area contributed by atoms with E-state index >= 15 is 0 Å². The zero-order valence-electron chi connectivity index (χ0n) is 17.0. The lowest BCUT2D eigenvalue weighted by molar-refractivity contribution is -0.0436. The number of amides is 2. The van der Waals surface area contributed by atoms with E-state index in [2.05, 4.69) is 10.6 Å². The van der Waals surface area contributed by atoms with Crippen LogP contribution < -0.4 is 15.4 Å². The molecule has 3 aromatic rings. The number of alkyl halides is 3. The molecule has 0 aliphatic carbocycles. The summed E-state index contributed by atoms with van der Waals surface area (Å²) in [6, 6.07) is 16.2. The molecule has 3 aromatic carbocycles. The van der Waals surface area contributed by atoms with Crippen LogP contribution in [0.3, 0.4) is 0 Å². The third-order valence-electron chi connectivity index (χ3n) is 4.48. The molecule has 2 amide bonds. The Morgan fingerprint density at radius 1 is 0.818 bits per heavy atom. The number of anilines is 2. The second-order valence-electron chi connectivity index (χ2n) is 6.63. The highest BCUT2D eigenvalue weighted by Gasteiger charge is 2.46. The molecule has 0 aliphatic heterocycles. The fourth-order valence-electron chi connectivity index (χ4n) is 2.89. The Kier molecular flexibility index (Phi) is 6.73. The van der Waals surface area contributed by atoms with Crippen LogP contribution in [0.1, 0.15) is 20.7 Å². The number of hydrogen-bond acceptors (Lipinski definition) is 5. The van der Waals surface area contributed by atoms with E-state index in [1.165, 1.54) is 37.4 Å². The molecule has 0 unspecified atom stereocenters. The van der Waals surface area contributed by atoms with E-state index in [4.69, 9.17) is 4.74 Å². The summed E-state index contributed by atoms with van der Waals surface area (Å²) in [6.45, 7) is 0. The molecule has 0 bridgehead atoms. The number of carbonyl (C=O) groups is 2. The first-order chi connectivity index (χ1) is 15.5. The lowest BCUT2D eigenvalue weighted by Gasteiger charge is -2.13. The number of benzene rings is 3. The SMILES string of the molecule is COc1ccccc1C(=O)Nc1ccccc1C(=O)Nc1cccc(S(=O)(=O)C(F)(F)F)c1. The molecular weight excluding hydrogens is 461 g/mol. The standard InChI is InChI=1S/C22H17F3N2O5S/c1-32-19-12-5-3-10-17(19)21(29)27-18-11-4-2-9-16(18)20(28)26-14-7-6-8-15(13-14)33(30,31)22(23,24)25/h2-13H,1H3,(H,26,28)(H,27,29). The maximum absolute atomic E-state index is 12.8. The van der Waals surface area contributed by atoms with E-state index in [9.17, 15) is 31.2 Å². The molecule has 3 rings (SSSR count). The van der Waals surface area contributed by atoms with Crippen LogP contribution in [0, 0.1) is 0 Å². The molecule has 0 aliphatic rings. The average Bonchev–Trinajstić information content (AvgIpc) is 2.78. The second kappa shape index (κ2) is 9.33. The minimum atomic E-state index is -5.58. The molecule has 0 atom stereocenters. The average molecular weight is 478 g/mol. The normalized spacial score (nSPS) is 11.5. The van der Waals surface area contributed by atoms with Gasteiger partial charge < -0.3 is 15.4 Å². The largest absolute Gasteiger partial charge is 0.501 e. The summed E-state index contributed by atoms with van der Waals surface area (Å²) < 4.78 is 66.9. The Morgan fingerprint density at radius 2 is 1.42 bits per heavy atom. The van der Waals surface area contributed by atoms with Crippen molar-refractivity contribution in [1.29, 1.82) is 0 Å². The maximum atomic E-state index is 12.8. The summed E-state index contributed by atoms with van der Waals surface area (Å²) in [5, 5.41) is 4.95. The van der Waals surface area contributed by atoms with Gasteiger partial charge in [-0.05, 0) is 42.5 Å². The van der Waals surface area contributed by atoms with Crippen LogP contribution in [0.2, 0.25) is 0 Å². The smallest absolute Gasteiger partial charge is 0.496 e. The van der Waals surface area contributed by atoms with E-state index in [0.717, 1.165) is 12.1 Å². The lowest BCUT2D eigenvalue weighted by atomic mass is 10.1. The Labute approximate surface area is 187 Å².